The van der Waals surface area contributed by atoms with Crippen LogP contribution >= 0.6 is 0 Å². The van der Waals surface area contributed by atoms with Gasteiger partial charge in [-0.25, -0.2) is 0 Å². The molecule has 0 spiro atoms. The molecule has 0 radical (unpaired) electrons. The molecule has 0 aliphatic rings. The Hall–Kier alpha value is -2.29. The van der Waals surface area contributed by atoms with Crippen molar-refractivity contribution in [3.63, 3.8) is 0 Å². The van der Waals surface area contributed by atoms with Crippen molar-refractivity contribution in [2.45, 2.75) is 26.3 Å². The number of hydrogen-bond acceptors (Lipinski definition) is 2. The van der Waals surface area contributed by atoms with E-state index in [-0.39, 0.29) is 11.7 Å². The molecule has 1 amide bonds. The third kappa shape index (κ3) is 4.43. The molecule has 0 aliphatic heterocycles. The number of benzene rings is 2. The molecule has 2 aromatic rings. The molecule has 0 fully saturated rings. The largest absolute Gasteiger partial charge is 0.508 e. The maximum Gasteiger partial charge on any atom is 0.220 e. The van der Waals surface area contributed by atoms with Crippen LogP contribution in [-0.4, -0.2) is 11.0 Å². The van der Waals surface area contributed by atoms with Crippen LogP contribution < -0.4 is 5.32 Å². The van der Waals surface area contributed by atoms with Gasteiger partial charge in [0, 0.05) is 13.0 Å². The van der Waals surface area contributed by atoms with Crippen molar-refractivity contribution < 1.29 is 9.90 Å². The molecule has 0 bridgehead atoms. The summed E-state index contributed by atoms with van der Waals surface area (Å²) in [6.07, 6.45) is 1.22. The maximum absolute atomic E-state index is 11.8. The van der Waals surface area contributed by atoms with Gasteiger partial charge in [-0.05, 0) is 36.6 Å². The highest BCUT2D eigenvalue weighted by Crippen LogP contribution is 2.10. The van der Waals surface area contributed by atoms with Gasteiger partial charge in [0.1, 0.15) is 5.75 Å². The van der Waals surface area contributed by atoms with Crippen molar-refractivity contribution in [3.05, 3.63) is 65.2 Å². The second-order valence-corrected chi connectivity index (χ2v) is 4.93. The van der Waals surface area contributed by atoms with E-state index in [4.69, 9.17) is 0 Å². The molecule has 0 aromatic heterocycles. The topological polar surface area (TPSA) is 49.3 Å². The zero-order valence-electron chi connectivity index (χ0n) is 11.6. The monoisotopic (exact) mass is 269 g/mol. The van der Waals surface area contributed by atoms with Gasteiger partial charge in [-0.1, -0.05) is 42.0 Å². The molecule has 3 nitrogen and oxygen atoms in total. The van der Waals surface area contributed by atoms with Crippen LogP contribution in [0.15, 0.2) is 48.5 Å². The molecule has 0 aliphatic carbocycles. The van der Waals surface area contributed by atoms with E-state index in [1.165, 1.54) is 11.1 Å². The Morgan fingerprint density at radius 2 is 1.85 bits per heavy atom. The van der Waals surface area contributed by atoms with Gasteiger partial charge in [0.15, 0.2) is 0 Å². The average molecular weight is 269 g/mol. The lowest BCUT2D eigenvalue weighted by Crippen LogP contribution is -2.22. The number of aromatic hydroxyl groups is 1. The first-order valence-electron chi connectivity index (χ1n) is 6.73. The predicted octanol–water partition coefficient (Wildman–Crippen LogP) is 2.95. The van der Waals surface area contributed by atoms with Crippen LogP contribution in [0.1, 0.15) is 23.1 Å². The van der Waals surface area contributed by atoms with E-state index in [1.54, 1.807) is 18.2 Å². The minimum Gasteiger partial charge on any atom is -0.508 e. The predicted molar refractivity (Wildman–Crippen MR) is 79.5 cm³/mol. The van der Waals surface area contributed by atoms with Crippen molar-refractivity contribution in [1.29, 1.82) is 0 Å². The molecular weight excluding hydrogens is 250 g/mol. The first kappa shape index (κ1) is 14.1. The lowest BCUT2D eigenvalue weighted by molar-refractivity contribution is -0.121. The van der Waals surface area contributed by atoms with Crippen LogP contribution in [0.4, 0.5) is 0 Å². The minimum atomic E-state index is 0.0221. The van der Waals surface area contributed by atoms with Gasteiger partial charge in [0.2, 0.25) is 5.91 Å². The Labute approximate surface area is 119 Å². The highest BCUT2D eigenvalue weighted by Gasteiger charge is 2.03. The van der Waals surface area contributed by atoms with Crippen molar-refractivity contribution >= 4 is 5.91 Å². The van der Waals surface area contributed by atoms with Crippen molar-refractivity contribution in [1.82, 2.24) is 5.32 Å². The molecule has 104 valence electrons. The number of phenolic OH excluding ortho intramolecular Hbond substituents is 1. The standard InChI is InChI=1S/C17H19NO2/c1-13-5-7-14(8-6-13)9-10-17(20)18-12-15-3-2-4-16(19)11-15/h2-8,11,19H,9-10,12H2,1H3,(H,18,20). The van der Waals surface area contributed by atoms with Crippen LogP contribution in [0, 0.1) is 6.92 Å². The highest BCUT2D eigenvalue weighted by molar-refractivity contribution is 5.76. The zero-order valence-corrected chi connectivity index (χ0v) is 11.6. The summed E-state index contributed by atoms with van der Waals surface area (Å²) >= 11 is 0. The van der Waals surface area contributed by atoms with Crippen LogP contribution in [0.25, 0.3) is 0 Å². The number of phenols is 1. The number of amides is 1. The van der Waals surface area contributed by atoms with Gasteiger partial charge >= 0.3 is 0 Å². The SMILES string of the molecule is Cc1ccc(CCC(=O)NCc2cccc(O)c2)cc1. The van der Waals surface area contributed by atoms with Crippen molar-refractivity contribution in [3.8, 4) is 5.75 Å². The molecule has 2 N–H and O–H groups in total. The van der Waals surface area contributed by atoms with Gasteiger partial charge in [0.25, 0.3) is 0 Å². The second kappa shape index (κ2) is 6.75. The van der Waals surface area contributed by atoms with E-state index in [0.717, 1.165) is 12.0 Å². The van der Waals surface area contributed by atoms with Gasteiger partial charge < -0.3 is 10.4 Å². The summed E-state index contributed by atoms with van der Waals surface area (Å²) < 4.78 is 0. The Bertz CT molecular complexity index is 576. The normalized spacial score (nSPS) is 10.2. The number of rotatable bonds is 5. The summed E-state index contributed by atoms with van der Waals surface area (Å²) in [6.45, 7) is 2.49. The van der Waals surface area contributed by atoms with Crippen LogP contribution in [0.3, 0.4) is 0 Å². The van der Waals surface area contributed by atoms with E-state index < -0.39 is 0 Å². The fourth-order valence-electron chi connectivity index (χ4n) is 1.97. The Balaban J connectivity index is 1.77. The number of carbonyl (C=O) groups is 1. The fraction of sp³-hybridized carbons (Fsp3) is 0.235. The zero-order chi connectivity index (χ0) is 14.4. The van der Waals surface area contributed by atoms with E-state index in [0.29, 0.717) is 13.0 Å². The summed E-state index contributed by atoms with van der Waals surface area (Å²) in [4.78, 5) is 11.8. The van der Waals surface area contributed by atoms with Crippen molar-refractivity contribution in [2.75, 3.05) is 0 Å². The minimum absolute atomic E-state index is 0.0221. The van der Waals surface area contributed by atoms with Crippen molar-refractivity contribution in [2.24, 2.45) is 0 Å². The summed E-state index contributed by atoms with van der Waals surface area (Å²) in [5.41, 5.74) is 3.29. The quantitative estimate of drug-likeness (QED) is 0.876. The number of aryl methyl sites for hydroxylation is 2. The third-order valence-corrected chi connectivity index (χ3v) is 3.16. The van der Waals surface area contributed by atoms with E-state index in [1.807, 2.05) is 13.0 Å². The molecule has 0 heterocycles. The summed E-state index contributed by atoms with van der Waals surface area (Å²) in [7, 11) is 0. The molecule has 0 saturated heterocycles. The summed E-state index contributed by atoms with van der Waals surface area (Å²) in [5, 5.41) is 12.2. The number of nitrogens with one attached hydrogen (secondary N) is 1. The number of carbonyl (C=O) groups excluding carboxylic acids is 1. The number of hydrogen-bond donors (Lipinski definition) is 2. The van der Waals surface area contributed by atoms with Crippen LogP contribution in [-0.2, 0) is 17.8 Å². The molecule has 2 aromatic carbocycles. The molecule has 20 heavy (non-hydrogen) atoms. The van der Waals surface area contributed by atoms with Gasteiger partial charge in [-0.15, -0.1) is 0 Å². The molecule has 3 heteroatoms. The molecule has 2 rings (SSSR count). The lowest BCUT2D eigenvalue weighted by Gasteiger charge is -2.06. The molecular formula is C17H19NO2. The molecule has 0 saturated carbocycles. The highest BCUT2D eigenvalue weighted by atomic mass is 16.3. The third-order valence-electron chi connectivity index (χ3n) is 3.16. The lowest BCUT2D eigenvalue weighted by atomic mass is 10.1. The first-order chi connectivity index (χ1) is 9.63. The van der Waals surface area contributed by atoms with Gasteiger partial charge in [-0.3, -0.25) is 4.79 Å². The van der Waals surface area contributed by atoms with Gasteiger partial charge in [-0.2, -0.15) is 0 Å². The van der Waals surface area contributed by atoms with Crippen LogP contribution in [0.2, 0.25) is 0 Å². The smallest absolute Gasteiger partial charge is 0.220 e. The molecule has 0 atom stereocenters. The Morgan fingerprint density at radius 1 is 1.10 bits per heavy atom. The van der Waals surface area contributed by atoms with E-state index in [2.05, 4.69) is 29.6 Å². The fourth-order valence-corrected chi connectivity index (χ4v) is 1.97. The Kier molecular flexibility index (Phi) is 4.77. The van der Waals surface area contributed by atoms with E-state index >= 15 is 0 Å². The van der Waals surface area contributed by atoms with E-state index in [9.17, 15) is 9.90 Å². The Morgan fingerprint density at radius 3 is 2.55 bits per heavy atom. The maximum atomic E-state index is 11.8. The average Bonchev–Trinajstić information content (AvgIpc) is 2.45. The summed E-state index contributed by atoms with van der Waals surface area (Å²) in [6, 6.07) is 15.1. The van der Waals surface area contributed by atoms with Gasteiger partial charge in [0.05, 0.1) is 0 Å². The molecule has 0 unspecified atom stereocenters. The summed E-state index contributed by atoms with van der Waals surface area (Å²) in [5.74, 6) is 0.241. The first-order valence-corrected chi connectivity index (χ1v) is 6.73. The van der Waals surface area contributed by atoms with Crippen LogP contribution in [0.5, 0.6) is 5.75 Å². The second-order valence-electron chi connectivity index (χ2n) is 4.93.